The monoisotopic (exact) mass is 235 g/mol. The minimum Gasteiger partial charge on any atom is -0.314 e. The summed E-state index contributed by atoms with van der Waals surface area (Å²) < 4.78 is 0. The Balaban J connectivity index is 1.66. The second-order valence-electron chi connectivity index (χ2n) is 5.45. The SMILES string of the molecule is Cc1ccsc1C1CCCC1CNC1CC1. The molecule has 0 aliphatic heterocycles. The van der Waals surface area contributed by atoms with E-state index in [1.807, 2.05) is 11.3 Å². The van der Waals surface area contributed by atoms with Crippen LogP contribution in [-0.4, -0.2) is 12.6 Å². The van der Waals surface area contributed by atoms with Crippen LogP contribution in [0, 0.1) is 12.8 Å². The minimum absolute atomic E-state index is 0.853. The van der Waals surface area contributed by atoms with Crippen LogP contribution in [0.15, 0.2) is 11.4 Å². The topological polar surface area (TPSA) is 12.0 Å². The molecule has 0 aromatic carbocycles. The molecule has 0 bridgehead atoms. The molecule has 16 heavy (non-hydrogen) atoms. The lowest BCUT2D eigenvalue weighted by Gasteiger charge is -2.20. The van der Waals surface area contributed by atoms with E-state index >= 15 is 0 Å². The predicted octanol–water partition coefficient (Wildman–Crippen LogP) is 3.69. The first-order valence-corrected chi connectivity index (χ1v) is 7.50. The zero-order valence-corrected chi connectivity index (χ0v) is 10.9. The molecule has 2 unspecified atom stereocenters. The van der Waals surface area contributed by atoms with Gasteiger partial charge in [-0.2, -0.15) is 0 Å². The van der Waals surface area contributed by atoms with Crippen LogP contribution in [-0.2, 0) is 0 Å². The summed E-state index contributed by atoms with van der Waals surface area (Å²) >= 11 is 1.97. The molecule has 2 fully saturated rings. The Bertz CT molecular complexity index is 353. The maximum Gasteiger partial charge on any atom is 0.0109 e. The molecule has 2 aliphatic rings. The van der Waals surface area contributed by atoms with Gasteiger partial charge in [-0.3, -0.25) is 0 Å². The summed E-state index contributed by atoms with van der Waals surface area (Å²) in [4.78, 5) is 1.67. The number of thiophene rings is 1. The van der Waals surface area contributed by atoms with E-state index in [9.17, 15) is 0 Å². The molecule has 2 aliphatic carbocycles. The van der Waals surface area contributed by atoms with Crippen molar-refractivity contribution in [3.8, 4) is 0 Å². The highest BCUT2D eigenvalue weighted by atomic mass is 32.1. The first-order chi connectivity index (χ1) is 7.84. The maximum atomic E-state index is 3.71. The molecule has 0 saturated heterocycles. The van der Waals surface area contributed by atoms with Crippen molar-refractivity contribution in [2.75, 3.05) is 6.54 Å². The van der Waals surface area contributed by atoms with Gasteiger partial charge >= 0.3 is 0 Å². The van der Waals surface area contributed by atoms with E-state index < -0.39 is 0 Å². The third-order valence-corrected chi connectivity index (χ3v) is 5.29. The number of rotatable bonds is 4. The van der Waals surface area contributed by atoms with Crippen LogP contribution >= 0.6 is 11.3 Å². The third-order valence-electron chi connectivity index (χ3n) is 4.14. The first kappa shape index (κ1) is 10.8. The number of hydrogen-bond acceptors (Lipinski definition) is 2. The van der Waals surface area contributed by atoms with Crippen LogP contribution in [0.25, 0.3) is 0 Å². The normalized spacial score (nSPS) is 29.8. The van der Waals surface area contributed by atoms with Crippen LogP contribution in [0.1, 0.15) is 48.5 Å². The molecular weight excluding hydrogens is 214 g/mol. The van der Waals surface area contributed by atoms with E-state index in [-0.39, 0.29) is 0 Å². The summed E-state index contributed by atoms with van der Waals surface area (Å²) in [6.07, 6.45) is 7.10. The molecule has 0 radical (unpaired) electrons. The lowest BCUT2D eigenvalue weighted by molar-refractivity contribution is 0.445. The smallest absolute Gasteiger partial charge is 0.0109 e. The van der Waals surface area contributed by atoms with Gasteiger partial charge in [-0.15, -0.1) is 11.3 Å². The largest absolute Gasteiger partial charge is 0.314 e. The van der Waals surface area contributed by atoms with E-state index in [0.717, 1.165) is 17.9 Å². The third kappa shape index (κ3) is 2.18. The fourth-order valence-electron chi connectivity index (χ4n) is 3.00. The standard InChI is InChI=1S/C14H21NS/c1-10-7-8-16-14(10)13-4-2-3-11(13)9-15-12-5-6-12/h7-8,11-13,15H,2-6,9H2,1H3. The van der Waals surface area contributed by atoms with Gasteiger partial charge in [0.1, 0.15) is 0 Å². The Morgan fingerprint density at radius 1 is 1.31 bits per heavy atom. The van der Waals surface area contributed by atoms with Crippen molar-refractivity contribution in [3.05, 3.63) is 21.9 Å². The van der Waals surface area contributed by atoms with Crippen LogP contribution < -0.4 is 5.32 Å². The second-order valence-corrected chi connectivity index (χ2v) is 6.40. The summed E-state index contributed by atoms with van der Waals surface area (Å²) in [5.41, 5.74) is 1.52. The van der Waals surface area contributed by atoms with Gasteiger partial charge in [0.05, 0.1) is 0 Å². The lowest BCUT2D eigenvalue weighted by Crippen LogP contribution is -2.26. The predicted molar refractivity (Wildman–Crippen MR) is 70.2 cm³/mol. The number of hydrogen-bond donors (Lipinski definition) is 1. The highest BCUT2D eigenvalue weighted by molar-refractivity contribution is 7.10. The van der Waals surface area contributed by atoms with Crippen molar-refractivity contribution in [1.82, 2.24) is 5.32 Å². The lowest BCUT2D eigenvalue weighted by atomic mass is 9.92. The number of nitrogens with one attached hydrogen (secondary N) is 1. The van der Waals surface area contributed by atoms with E-state index in [4.69, 9.17) is 0 Å². The van der Waals surface area contributed by atoms with Crippen LogP contribution in [0.3, 0.4) is 0 Å². The van der Waals surface area contributed by atoms with Gasteiger partial charge < -0.3 is 5.32 Å². The summed E-state index contributed by atoms with van der Waals surface area (Å²) in [5.74, 6) is 1.75. The van der Waals surface area contributed by atoms with Gasteiger partial charge in [0.2, 0.25) is 0 Å². The Labute approximate surface area is 102 Å². The molecule has 0 spiro atoms. The average Bonchev–Trinajstić information content (AvgIpc) is 2.83. The Kier molecular flexibility index (Phi) is 3.03. The number of aryl methyl sites for hydroxylation is 1. The van der Waals surface area contributed by atoms with Gasteiger partial charge in [0.15, 0.2) is 0 Å². The van der Waals surface area contributed by atoms with Crippen molar-refractivity contribution in [2.45, 2.75) is 51.0 Å². The van der Waals surface area contributed by atoms with Crippen LogP contribution in [0.4, 0.5) is 0 Å². The first-order valence-electron chi connectivity index (χ1n) is 6.62. The summed E-state index contributed by atoms with van der Waals surface area (Å²) in [6, 6.07) is 3.15. The van der Waals surface area contributed by atoms with E-state index in [1.165, 1.54) is 44.2 Å². The van der Waals surface area contributed by atoms with Crippen LogP contribution in [0.5, 0.6) is 0 Å². The molecule has 1 aromatic heterocycles. The van der Waals surface area contributed by atoms with Gasteiger partial charge in [0, 0.05) is 10.9 Å². The molecule has 0 amide bonds. The molecule has 1 heterocycles. The molecule has 1 nitrogen and oxygen atoms in total. The summed E-state index contributed by atoms with van der Waals surface area (Å²) in [6.45, 7) is 3.53. The Morgan fingerprint density at radius 2 is 2.19 bits per heavy atom. The van der Waals surface area contributed by atoms with Gasteiger partial charge in [-0.05, 0) is 68.0 Å². The van der Waals surface area contributed by atoms with Crippen molar-refractivity contribution >= 4 is 11.3 Å². The highest BCUT2D eigenvalue weighted by Gasteiger charge is 2.31. The van der Waals surface area contributed by atoms with Gasteiger partial charge in [-0.25, -0.2) is 0 Å². The van der Waals surface area contributed by atoms with Crippen molar-refractivity contribution in [2.24, 2.45) is 5.92 Å². The van der Waals surface area contributed by atoms with Crippen molar-refractivity contribution < 1.29 is 0 Å². The maximum absolute atomic E-state index is 3.71. The highest BCUT2D eigenvalue weighted by Crippen LogP contribution is 2.42. The Hall–Kier alpha value is -0.340. The minimum atomic E-state index is 0.853. The van der Waals surface area contributed by atoms with Crippen molar-refractivity contribution in [1.29, 1.82) is 0 Å². The molecule has 1 aromatic rings. The quantitative estimate of drug-likeness (QED) is 0.839. The molecule has 2 heteroatoms. The zero-order chi connectivity index (χ0) is 11.0. The van der Waals surface area contributed by atoms with E-state index in [1.54, 1.807) is 4.88 Å². The molecule has 88 valence electrons. The van der Waals surface area contributed by atoms with E-state index in [2.05, 4.69) is 23.7 Å². The fraction of sp³-hybridized carbons (Fsp3) is 0.714. The van der Waals surface area contributed by atoms with E-state index in [0.29, 0.717) is 0 Å². The molecule has 2 saturated carbocycles. The molecular formula is C14H21NS. The summed E-state index contributed by atoms with van der Waals surface area (Å²) in [7, 11) is 0. The zero-order valence-electron chi connectivity index (χ0n) is 10.0. The second kappa shape index (κ2) is 4.50. The Morgan fingerprint density at radius 3 is 2.88 bits per heavy atom. The van der Waals surface area contributed by atoms with Crippen LogP contribution in [0.2, 0.25) is 0 Å². The molecule has 3 rings (SSSR count). The van der Waals surface area contributed by atoms with Crippen molar-refractivity contribution in [3.63, 3.8) is 0 Å². The van der Waals surface area contributed by atoms with Gasteiger partial charge in [0.25, 0.3) is 0 Å². The average molecular weight is 235 g/mol. The molecule has 2 atom stereocenters. The molecule has 1 N–H and O–H groups in total. The summed E-state index contributed by atoms with van der Waals surface area (Å²) in [5, 5.41) is 5.97. The van der Waals surface area contributed by atoms with Gasteiger partial charge in [-0.1, -0.05) is 6.42 Å². The fourth-order valence-corrected chi connectivity index (χ4v) is 4.15.